The molecule has 0 heterocycles. The van der Waals surface area contributed by atoms with Crippen molar-refractivity contribution in [2.24, 2.45) is 0 Å². The van der Waals surface area contributed by atoms with Crippen LogP contribution in [0.1, 0.15) is 12.5 Å². The summed E-state index contributed by atoms with van der Waals surface area (Å²) in [6.07, 6.45) is 1.16. The van der Waals surface area contributed by atoms with E-state index in [0.29, 0.717) is 0 Å². The van der Waals surface area contributed by atoms with Crippen molar-refractivity contribution in [2.45, 2.75) is 13.3 Å². The quantitative estimate of drug-likeness (QED) is 0.236. The van der Waals surface area contributed by atoms with Gasteiger partial charge in [0.05, 0.1) is 0 Å². The van der Waals surface area contributed by atoms with E-state index in [4.69, 9.17) is 0 Å². The second-order valence-electron chi connectivity index (χ2n) is 5.99. The molecule has 1 radical (unpaired) electrons. The van der Waals surface area contributed by atoms with Crippen LogP contribution in [0.25, 0.3) is 0 Å². The van der Waals surface area contributed by atoms with E-state index < -0.39 is 7.92 Å². The molecular formula is C25H24CuP-. The van der Waals surface area contributed by atoms with Crippen molar-refractivity contribution in [3.05, 3.63) is 121 Å². The molecule has 4 aromatic rings. The maximum absolute atomic E-state index is 2.23. The van der Waals surface area contributed by atoms with Gasteiger partial charge >= 0.3 is 0 Å². The van der Waals surface area contributed by atoms with E-state index >= 15 is 0 Å². The van der Waals surface area contributed by atoms with Crippen LogP contribution in [0.4, 0.5) is 0 Å². The summed E-state index contributed by atoms with van der Waals surface area (Å²) in [6, 6.07) is 40.7. The molecule has 141 valence electrons. The molecule has 0 saturated carbocycles. The van der Waals surface area contributed by atoms with Gasteiger partial charge in [0.15, 0.2) is 0 Å². The van der Waals surface area contributed by atoms with Crippen molar-refractivity contribution in [1.82, 2.24) is 0 Å². The molecule has 4 rings (SSSR count). The molecule has 0 N–H and O–H groups in total. The maximum Gasteiger partial charge on any atom is 0 e. The second kappa shape index (κ2) is 11.6. The number of hydrogen-bond donors (Lipinski definition) is 0. The van der Waals surface area contributed by atoms with Gasteiger partial charge in [-0.25, -0.2) is 12.1 Å². The van der Waals surface area contributed by atoms with Crippen LogP contribution in [0.15, 0.2) is 115 Å². The largest absolute Gasteiger partial charge is 0.213 e. The number of aryl methyl sites for hydroxylation is 1. The van der Waals surface area contributed by atoms with Crippen LogP contribution in [-0.2, 0) is 23.5 Å². The average molecular weight is 419 g/mol. The summed E-state index contributed by atoms with van der Waals surface area (Å²) in [5, 5.41) is 4.19. The molecule has 0 saturated heterocycles. The monoisotopic (exact) mass is 418 g/mol. The standard InChI is InChI=1S/C18H15P.C7H9.Cu/c1-4-10-16(11-5-1)19(17-12-6-2-7-13-17)18-14-8-3-9-15-18;1-2-7-5-3-4-6-7;/h1-15H;3-6H,2H2,1H3;/q;-1;. The Labute approximate surface area is 174 Å². The Morgan fingerprint density at radius 3 is 1.15 bits per heavy atom. The first-order valence-electron chi connectivity index (χ1n) is 9.04. The van der Waals surface area contributed by atoms with Crippen molar-refractivity contribution in [2.75, 3.05) is 0 Å². The van der Waals surface area contributed by atoms with E-state index in [-0.39, 0.29) is 17.1 Å². The maximum atomic E-state index is 2.23. The minimum Gasteiger partial charge on any atom is -0.213 e. The molecule has 0 spiro atoms. The predicted octanol–water partition coefficient (Wildman–Crippen LogP) is 5.41. The molecule has 4 aromatic carbocycles. The topological polar surface area (TPSA) is 0 Å². The molecule has 0 atom stereocenters. The Morgan fingerprint density at radius 1 is 0.556 bits per heavy atom. The smallest absolute Gasteiger partial charge is 0 e. The van der Waals surface area contributed by atoms with Gasteiger partial charge in [0.25, 0.3) is 0 Å². The summed E-state index contributed by atoms with van der Waals surface area (Å²) in [4.78, 5) is 0. The first kappa shape index (κ1) is 21.3. The van der Waals surface area contributed by atoms with Crippen molar-refractivity contribution >= 4 is 23.8 Å². The summed E-state index contributed by atoms with van der Waals surface area (Å²) < 4.78 is 0. The summed E-state index contributed by atoms with van der Waals surface area (Å²) in [5.74, 6) is 0. The minimum absolute atomic E-state index is 0. The second-order valence-corrected chi connectivity index (χ2v) is 8.21. The van der Waals surface area contributed by atoms with Crippen LogP contribution >= 0.6 is 7.92 Å². The molecule has 27 heavy (non-hydrogen) atoms. The van der Waals surface area contributed by atoms with Crippen molar-refractivity contribution in [3.63, 3.8) is 0 Å². The number of benzene rings is 3. The van der Waals surface area contributed by atoms with E-state index in [1.807, 2.05) is 0 Å². The van der Waals surface area contributed by atoms with Crippen molar-refractivity contribution in [3.8, 4) is 0 Å². The van der Waals surface area contributed by atoms with Gasteiger partial charge < -0.3 is 0 Å². The molecule has 0 aromatic heterocycles. The molecule has 0 bridgehead atoms. The molecule has 2 heteroatoms. The molecule has 0 aliphatic heterocycles. The Balaban J connectivity index is 0.000000278. The zero-order valence-electron chi connectivity index (χ0n) is 15.4. The number of hydrogen-bond acceptors (Lipinski definition) is 0. The molecule has 0 nitrogen and oxygen atoms in total. The van der Waals surface area contributed by atoms with Crippen LogP contribution in [0.3, 0.4) is 0 Å². The molecule has 0 unspecified atom stereocenters. The van der Waals surface area contributed by atoms with E-state index in [1.54, 1.807) is 0 Å². The van der Waals surface area contributed by atoms with Gasteiger partial charge in [0.2, 0.25) is 0 Å². The summed E-state index contributed by atoms with van der Waals surface area (Å²) in [7, 11) is -0.446. The minimum atomic E-state index is -0.446. The van der Waals surface area contributed by atoms with E-state index in [9.17, 15) is 0 Å². The van der Waals surface area contributed by atoms with Crippen molar-refractivity contribution < 1.29 is 17.1 Å². The SMILES string of the molecule is CC[c-]1cccc1.[Cu].c1ccc(P(c2ccccc2)c2ccccc2)cc1. The first-order valence-corrected chi connectivity index (χ1v) is 10.4. The van der Waals surface area contributed by atoms with Gasteiger partial charge in [0, 0.05) is 17.1 Å². The zero-order chi connectivity index (χ0) is 18.0. The summed E-state index contributed by atoms with van der Waals surface area (Å²) >= 11 is 0. The van der Waals surface area contributed by atoms with E-state index in [2.05, 4.69) is 122 Å². The average Bonchev–Trinajstić information content (AvgIpc) is 3.25. The Kier molecular flexibility index (Phi) is 9.16. The first-order chi connectivity index (χ1) is 12.9. The third kappa shape index (κ3) is 6.26. The third-order valence-corrected chi connectivity index (χ3v) is 6.63. The van der Waals surface area contributed by atoms with Crippen LogP contribution < -0.4 is 15.9 Å². The molecule has 0 amide bonds. The van der Waals surface area contributed by atoms with Crippen molar-refractivity contribution in [1.29, 1.82) is 0 Å². The normalized spacial score (nSPS) is 9.85. The van der Waals surface area contributed by atoms with Gasteiger partial charge in [-0.15, -0.1) is 0 Å². The Hall–Kier alpha value is -2.04. The summed E-state index contributed by atoms with van der Waals surface area (Å²) in [6.45, 7) is 2.16. The number of rotatable bonds is 4. The third-order valence-electron chi connectivity index (χ3n) is 4.18. The molecule has 0 aliphatic rings. The van der Waals surface area contributed by atoms with Crippen LogP contribution in [0, 0.1) is 0 Å². The fraction of sp³-hybridized carbons (Fsp3) is 0.0800. The zero-order valence-corrected chi connectivity index (χ0v) is 17.3. The fourth-order valence-electron chi connectivity index (χ4n) is 2.83. The van der Waals surface area contributed by atoms with Gasteiger partial charge in [-0.3, -0.25) is 0 Å². The van der Waals surface area contributed by atoms with Gasteiger partial charge in [-0.05, 0) is 23.8 Å². The molecular weight excluding hydrogens is 395 g/mol. The summed E-state index contributed by atoms with van der Waals surface area (Å²) in [5.41, 5.74) is 1.43. The molecule has 0 fully saturated rings. The van der Waals surface area contributed by atoms with Crippen LogP contribution in [0.2, 0.25) is 0 Å². The van der Waals surface area contributed by atoms with E-state index in [0.717, 1.165) is 6.42 Å². The predicted molar refractivity (Wildman–Crippen MR) is 117 cm³/mol. The van der Waals surface area contributed by atoms with Gasteiger partial charge in [-0.1, -0.05) is 104 Å². The Morgan fingerprint density at radius 2 is 0.889 bits per heavy atom. The van der Waals surface area contributed by atoms with Crippen LogP contribution in [-0.4, -0.2) is 0 Å². The van der Waals surface area contributed by atoms with E-state index in [1.165, 1.54) is 21.5 Å². The van der Waals surface area contributed by atoms with Gasteiger partial charge in [0.1, 0.15) is 0 Å². The fourth-order valence-corrected chi connectivity index (χ4v) is 5.13. The van der Waals surface area contributed by atoms with Gasteiger partial charge in [-0.2, -0.15) is 17.7 Å². The van der Waals surface area contributed by atoms with Crippen LogP contribution in [0.5, 0.6) is 0 Å². The Bertz CT molecular complexity index is 762. The molecule has 0 aliphatic carbocycles.